The van der Waals surface area contributed by atoms with Crippen molar-refractivity contribution in [2.75, 3.05) is 24.3 Å². The number of halogens is 1. The number of hydrogen-bond acceptors (Lipinski definition) is 3. The monoisotopic (exact) mass is 348 g/mol. The van der Waals surface area contributed by atoms with E-state index < -0.39 is 0 Å². The van der Waals surface area contributed by atoms with E-state index in [1.165, 1.54) is 0 Å². The van der Waals surface area contributed by atoms with E-state index in [0.717, 1.165) is 11.4 Å². The average Bonchev–Trinajstić information content (AvgIpc) is 2.55. The second-order valence-corrected chi connectivity index (χ2v) is 5.83. The van der Waals surface area contributed by atoms with Crippen LogP contribution >= 0.6 is 23.8 Å². The summed E-state index contributed by atoms with van der Waals surface area (Å²) in [4.78, 5) is 14.0. The van der Waals surface area contributed by atoms with Crippen LogP contribution in [-0.2, 0) is 0 Å². The van der Waals surface area contributed by atoms with Crippen molar-refractivity contribution in [1.29, 1.82) is 0 Å². The first kappa shape index (κ1) is 17.1. The molecular formula is C16H17ClN4OS. The van der Waals surface area contributed by atoms with Gasteiger partial charge in [0.25, 0.3) is 5.91 Å². The molecule has 2 aromatic rings. The molecule has 0 aromatic heterocycles. The number of benzene rings is 2. The van der Waals surface area contributed by atoms with Crippen LogP contribution in [0.3, 0.4) is 0 Å². The number of carbonyl (C=O) groups is 1. The van der Waals surface area contributed by atoms with Crippen LogP contribution in [0.4, 0.5) is 11.4 Å². The van der Waals surface area contributed by atoms with Gasteiger partial charge in [-0.05, 0) is 60.7 Å². The van der Waals surface area contributed by atoms with E-state index in [-0.39, 0.29) is 11.0 Å². The second kappa shape index (κ2) is 7.80. The Kier molecular flexibility index (Phi) is 5.78. The highest BCUT2D eigenvalue weighted by Gasteiger charge is 2.06. The van der Waals surface area contributed by atoms with Gasteiger partial charge < -0.3 is 10.2 Å². The molecule has 5 nitrogen and oxygen atoms in total. The Morgan fingerprint density at radius 2 is 1.61 bits per heavy atom. The summed E-state index contributed by atoms with van der Waals surface area (Å²) < 4.78 is 0. The second-order valence-electron chi connectivity index (χ2n) is 4.98. The van der Waals surface area contributed by atoms with E-state index in [0.29, 0.717) is 10.6 Å². The first-order valence-electron chi connectivity index (χ1n) is 6.86. The molecule has 0 spiro atoms. The van der Waals surface area contributed by atoms with Crippen LogP contribution in [0.15, 0.2) is 48.5 Å². The molecule has 7 heteroatoms. The van der Waals surface area contributed by atoms with Gasteiger partial charge in [0.15, 0.2) is 5.11 Å². The van der Waals surface area contributed by atoms with Crippen molar-refractivity contribution < 1.29 is 4.79 Å². The van der Waals surface area contributed by atoms with E-state index in [1.807, 2.05) is 31.1 Å². The van der Waals surface area contributed by atoms with Crippen molar-refractivity contribution in [3.63, 3.8) is 0 Å². The van der Waals surface area contributed by atoms with Crippen molar-refractivity contribution in [2.24, 2.45) is 0 Å². The molecule has 0 unspecified atom stereocenters. The number of thiocarbonyl (C=S) groups is 1. The molecule has 0 heterocycles. The van der Waals surface area contributed by atoms with E-state index >= 15 is 0 Å². The predicted molar refractivity (Wildman–Crippen MR) is 99.0 cm³/mol. The molecule has 120 valence electrons. The van der Waals surface area contributed by atoms with E-state index in [9.17, 15) is 4.79 Å². The van der Waals surface area contributed by atoms with Gasteiger partial charge in [-0.15, -0.1) is 0 Å². The third-order valence-corrected chi connectivity index (χ3v) is 3.49. The zero-order valence-corrected chi connectivity index (χ0v) is 14.3. The number of hydrogen-bond donors (Lipinski definition) is 3. The lowest BCUT2D eigenvalue weighted by atomic mass is 10.2. The summed E-state index contributed by atoms with van der Waals surface area (Å²) in [5, 5.41) is 3.87. The third-order valence-electron chi connectivity index (χ3n) is 3.04. The SMILES string of the molecule is CN(C)c1ccc(C(=O)NNC(=S)Nc2ccc(Cl)cc2)cc1. The molecule has 0 fully saturated rings. The van der Waals surface area contributed by atoms with Crippen molar-refractivity contribution in [3.8, 4) is 0 Å². The quantitative estimate of drug-likeness (QED) is 0.588. The van der Waals surface area contributed by atoms with Crippen LogP contribution in [0.1, 0.15) is 10.4 Å². The number of hydrazine groups is 1. The molecule has 2 aromatic carbocycles. The lowest BCUT2D eigenvalue weighted by molar-refractivity contribution is 0.0944. The van der Waals surface area contributed by atoms with Crippen LogP contribution in [-0.4, -0.2) is 25.1 Å². The highest BCUT2D eigenvalue weighted by Crippen LogP contribution is 2.13. The third kappa shape index (κ3) is 5.12. The minimum Gasteiger partial charge on any atom is -0.378 e. The number of nitrogens with zero attached hydrogens (tertiary/aromatic N) is 1. The normalized spacial score (nSPS) is 9.87. The fourth-order valence-electron chi connectivity index (χ4n) is 1.79. The average molecular weight is 349 g/mol. The highest BCUT2D eigenvalue weighted by molar-refractivity contribution is 7.80. The largest absolute Gasteiger partial charge is 0.378 e. The van der Waals surface area contributed by atoms with E-state index in [2.05, 4.69) is 16.2 Å². The number of rotatable bonds is 3. The molecule has 0 atom stereocenters. The number of amides is 1. The van der Waals surface area contributed by atoms with Crippen LogP contribution in [0.25, 0.3) is 0 Å². The van der Waals surface area contributed by atoms with Gasteiger partial charge in [0.05, 0.1) is 0 Å². The van der Waals surface area contributed by atoms with Gasteiger partial charge in [-0.2, -0.15) is 0 Å². The molecular weight excluding hydrogens is 332 g/mol. The number of carbonyl (C=O) groups excluding carboxylic acids is 1. The van der Waals surface area contributed by atoms with Crippen LogP contribution in [0.5, 0.6) is 0 Å². The van der Waals surface area contributed by atoms with Crippen LogP contribution in [0, 0.1) is 0 Å². The molecule has 0 aliphatic carbocycles. The van der Waals surface area contributed by atoms with E-state index in [4.69, 9.17) is 23.8 Å². The summed E-state index contributed by atoms with van der Waals surface area (Å²) in [6, 6.07) is 14.3. The maximum atomic E-state index is 12.0. The Morgan fingerprint density at radius 3 is 2.17 bits per heavy atom. The van der Waals surface area contributed by atoms with Gasteiger partial charge in [-0.3, -0.25) is 15.6 Å². The molecule has 0 saturated heterocycles. The van der Waals surface area contributed by atoms with Crippen LogP contribution < -0.4 is 21.1 Å². The molecule has 0 radical (unpaired) electrons. The van der Waals surface area contributed by atoms with Gasteiger partial charge in [0, 0.05) is 36.1 Å². The van der Waals surface area contributed by atoms with Crippen molar-refractivity contribution in [2.45, 2.75) is 0 Å². The molecule has 0 bridgehead atoms. The Balaban J connectivity index is 1.85. The molecule has 3 N–H and O–H groups in total. The zero-order valence-electron chi connectivity index (χ0n) is 12.8. The molecule has 1 amide bonds. The first-order chi connectivity index (χ1) is 11.0. The van der Waals surface area contributed by atoms with Gasteiger partial charge in [-0.1, -0.05) is 11.6 Å². The summed E-state index contributed by atoms with van der Waals surface area (Å²) in [5.41, 5.74) is 7.54. The van der Waals surface area contributed by atoms with E-state index in [1.54, 1.807) is 36.4 Å². The Morgan fingerprint density at radius 1 is 1.00 bits per heavy atom. The predicted octanol–water partition coefficient (Wildman–Crippen LogP) is 3.04. The van der Waals surface area contributed by atoms with Gasteiger partial charge in [-0.25, -0.2) is 0 Å². The van der Waals surface area contributed by atoms with Gasteiger partial charge in [0.2, 0.25) is 0 Å². The first-order valence-corrected chi connectivity index (χ1v) is 7.64. The lowest BCUT2D eigenvalue weighted by Gasteiger charge is -2.14. The fourth-order valence-corrected chi connectivity index (χ4v) is 2.09. The fraction of sp³-hybridized carbons (Fsp3) is 0.125. The maximum Gasteiger partial charge on any atom is 0.269 e. The highest BCUT2D eigenvalue weighted by atomic mass is 35.5. The summed E-state index contributed by atoms with van der Waals surface area (Å²) >= 11 is 10.9. The molecule has 23 heavy (non-hydrogen) atoms. The summed E-state index contributed by atoms with van der Waals surface area (Å²) in [6.07, 6.45) is 0. The minimum atomic E-state index is -0.268. The minimum absolute atomic E-state index is 0.268. The molecule has 0 aliphatic rings. The lowest BCUT2D eigenvalue weighted by Crippen LogP contribution is -2.43. The molecule has 2 rings (SSSR count). The van der Waals surface area contributed by atoms with Gasteiger partial charge >= 0.3 is 0 Å². The maximum absolute atomic E-state index is 12.0. The molecule has 0 aliphatic heterocycles. The summed E-state index contributed by atoms with van der Waals surface area (Å²) in [6.45, 7) is 0. The van der Waals surface area contributed by atoms with Crippen molar-refractivity contribution in [1.82, 2.24) is 10.9 Å². The standard InChI is InChI=1S/C16H17ClN4OS/c1-21(2)14-9-3-11(4-10-14)15(22)19-20-16(23)18-13-7-5-12(17)6-8-13/h3-10H,1-2H3,(H,19,22)(H2,18,20,23). The summed E-state index contributed by atoms with van der Waals surface area (Å²) in [7, 11) is 3.88. The number of anilines is 2. The Bertz CT molecular complexity index is 686. The Hall–Kier alpha value is -2.31. The smallest absolute Gasteiger partial charge is 0.269 e. The molecule has 0 saturated carbocycles. The summed E-state index contributed by atoms with van der Waals surface area (Å²) in [5.74, 6) is -0.268. The van der Waals surface area contributed by atoms with Crippen LogP contribution in [0.2, 0.25) is 5.02 Å². The Labute approximate surface area is 145 Å². The van der Waals surface area contributed by atoms with Crippen molar-refractivity contribution >= 4 is 46.2 Å². The topological polar surface area (TPSA) is 56.4 Å². The van der Waals surface area contributed by atoms with Gasteiger partial charge in [0.1, 0.15) is 0 Å². The van der Waals surface area contributed by atoms with Crippen molar-refractivity contribution in [3.05, 3.63) is 59.1 Å². The number of nitrogens with one attached hydrogen (secondary N) is 3. The zero-order chi connectivity index (χ0) is 16.8.